The van der Waals surface area contributed by atoms with Crippen LogP contribution in [-0.4, -0.2) is 93.9 Å². The summed E-state index contributed by atoms with van der Waals surface area (Å²) in [6.07, 6.45) is -0.210. The van der Waals surface area contributed by atoms with Crippen LogP contribution in [0.15, 0.2) is 60.9 Å². The Morgan fingerprint density at radius 1 is 0.984 bits per heavy atom. The number of imidazole rings is 1. The fourth-order valence-corrected chi connectivity index (χ4v) is 8.52. The number of H-pyrrole nitrogens is 1. The molecule has 13 nitrogen and oxygen atoms in total. The van der Waals surface area contributed by atoms with Crippen LogP contribution in [0, 0.1) is 17.3 Å². The number of carbonyl (C=O) groups excluding carboxylic acids is 4. The van der Waals surface area contributed by atoms with E-state index in [0.29, 0.717) is 55.5 Å². The number of likely N-dealkylation sites (tertiary alicyclic amines) is 1. The summed E-state index contributed by atoms with van der Waals surface area (Å²) < 4.78 is 48.5. The van der Waals surface area contributed by atoms with Crippen molar-refractivity contribution in [1.29, 1.82) is 0 Å². The number of anilines is 2. The molecule has 3 N–H and O–H groups in total. The van der Waals surface area contributed by atoms with Crippen LogP contribution >= 0.6 is 11.6 Å². The van der Waals surface area contributed by atoms with Crippen molar-refractivity contribution in [1.82, 2.24) is 30.1 Å². The van der Waals surface area contributed by atoms with Gasteiger partial charge in [-0.1, -0.05) is 63.6 Å². The van der Waals surface area contributed by atoms with E-state index in [4.69, 9.17) is 16.3 Å². The maximum absolute atomic E-state index is 14.6. The maximum Gasteiger partial charge on any atom is 0.417 e. The first-order chi connectivity index (χ1) is 28.9. The monoisotopic (exact) mass is 862 g/mol. The van der Waals surface area contributed by atoms with E-state index in [-0.39, 0.29) is 68.5 Å². The topological polar surface area (TPSA) is 153 Å². The Morgan fingerprint density at radius 2 is 1.69 bits per heavy atom. The molecular formula is C44H50ClF3N8O5. The van der Waals surface area contributed by atoms with Crippen LogP contribution in [0.25, 0.3) is 22.4 Å². The standard InChI is InChI=1S/C44H50ClF3N8O5/c1-24(2)37(53-42(60)61-6)41(59)56-15-7-8-35(56)38-50-22-34(51-38)27-11-9-26(10-12-27)29-18-32(45)33(19-30(29)44(46,47)48)52-39(57)28-13-14-36(49-21-28)55-17-16-54(23-25(55)3)40(58)31-20-43(31,4)5/h9-14,18-19,21-22,24-25,31,35,37H,7-8,15-17,20,23H2,1-6H3,(H,50,51)(H,52,57)(H,53,60)/t25-,31?,35+,37+/m1/s1. The summed E-state index contributed by atoms with van der Waals surface area (Å²) in [5, 5.41) is 5.07. The van der Waals surface area contributed by atoms with Gasteiger partial charge in [-0.3, -0.25) is 14.4 Å². The number of halogens is 4. The molecule has 3 aliphatic rings. The first-order valence-electron chi connectivity index (χ1n) is 20.4. The van der Waals surface area contributed by atoms with E-state index in [2.05, 4.69) is 44.3 Å². The van der Waals surface area contributed by atoms with Crippen LogP contribution in [-0.2, 0) is 20.5 Å². The summed E-state index contributed by atoms with van der Waals surface area (Å²) in [5.41, 5.74) is 0.323. The minimum absolute atomic E-state index is 0.00568. The number of piperazine rings is 1. The number of aromatic amines is 1. The number of aromatic nitrogens is 3. The van der Waals surface area contributed by atoms with E-state index in [0.717, 1.165) is 18.9 Å². The second-order valence-electron chi connectivity index (χ2n) is 17.1. The zero-order chi connectivity index (χ0) is 44.0. The molecule has 2 aromatic carbocycles. The molecule has 0 radical (unpaired) electrons. The van der Waals surface area contributed by atoms with Crippen LogP contribution in [0.4, 0.5) is 29.5 Å². The molecule has 3 fully saturated rings. The van der Waals surface area contributed by atoms with Crippen molar-refractivity contribution < 1.29 is 37.1 Å². The number of alkyl halides is 3. The van der Waals surface area contributed by atoms with E-state index in [1.165, 1.54) is 19.4 Å². The third-order valence-electron chi connectivity index (χ3n) is 12.1. The van der Waals surface area contributed by atoms with E-state index in [9.17, 15) is 32.3 Å². The van der Waals surface area contributed by atoms with Gasteiger partial charge in [0.15, 0.2) is 0 Å². The first-order valence-corrected chi connectivity index (χ1v) is 20.8. The lowest BCUT2D eigenvalue weighted by Gasteiger charge is -2.40. The molecule has 1 saturated carbocycles. The molecule has 2 saturated heterocycles. The quantitative estimate of drug-likeness (QED) is 0.144. The number of benzene rings is 2. The van der Waals surface area contributed by atoms with Crippen molar-refractivity contribution in [2.45, 2.75) is 78.2 Å². The Morgan fingerprint density at radius 3 is 2.30 bits per heavy atom. The average Bonchev–Trinajstić information content (AvgIpc) is 3.56. The Balaban J connectivity index is 1.02. The molecule has 0 bridgehead atoms. The van der Waals surface area contributed by atoms with Gasteiger partial charge in [-0.05, 0) is 78.5 Å². The normalized spacial score (nSPS) is 20.4. The molecule has 2 aromatic heterocycles. The van der Waals surface area contributed by atoms with Crippen LogP contribution < -0.4 is 15.5 Å². The van der Waals surface area contributed by atoms with Gasteiger partial charge >= 0.3 is 12.3 Å². The summed E-state index contributed by atoms with van der Waals surface area (Å²) in [7, 11) is 1.24. The highest BCUT2D eigenvalue weighted by molar-refractivity contribution is 6.34. The average molecular weight is 863 g/mol. The molecule has 324 valence electrons. The summed E-state index contributed by atoms with van der Waals surface area (Å²) >= 11 is 6.54. The van der Waals surface area contributed by atoms with E-state index >= 15 is 0 Å². The minimum atomic E-state index is -4.79. The molecule has 1 unspecified atom stereocenters. The number of carbonyl (C=O) groups is 4. The largest absolute Gasteiger partial charge is 0.453 e. The van der Waals surface area contributed by atoms with Crippen molar-refractivity contribution >= 4 is 46.9 Å². The third-order valence-corrected chi connectivity index (χ3v) is 12.4. The fourth-order valence-electron chi connectivity index (χ4n) is 8.31. The molecule has 17 heteroatoms. The SMILES string of the molecule is COC(=O)N[C@H](C(=O)N1CCC[C@H]1c1ncc(-c2ccc(-c3cc(Cl)c(NC(=O)c4ccc(N5CCN(C(=O)C6CC6(C)C)C[C@H]5C)nc4)cc3C(F)(F)F)cc2)[nH]1)C(C)C. The lowest BCUT2D eigenvalue weighted by molar-refractivity contribution is -0.137. The van der Waals surface area contributed by atoms with Crippen LogP contribution in [0.2, 0.25) is 5.02 Å². The predicted molar refractivity (Wildman–Crippen MR) is 225 cm³/mol. The second-order valence-corrected chi connectivity index (χ2v) is 17.5. The van der Waals surface area contributed by atoms with Gasteiger partial charge in [-0.15, -0.1) is 0 Å². The zero-order valence-electron chi connectivity index (χ0n) is 34.9. The van der Waals surface area contributed by atoms with Gasteiger partial charge in [0.2, 0.25) is 11.8 Å². The lowest BCUT2D eigenvalue weighted by atomic mass is 9.97. The van der Waals surface area contributed by atoms with Crippen molar-refractivity contribution in [2.24, 2.45) is 17.3 Å². The Bertz CT molecular complexity index is 2300. The van der Waals surface area contributed by atoms with Gasteiger partial charge in [0.25, 0.3) is 5.91 Å². The summed E-state index contributed by atoms with van der Waals surface area (Å²) in [6, 6.07) is 10.5. The molecule has 2 aliphatic heterocycles. The van der Waals surface area contributed by atoms with Crippen LogP contribution in [0.1, 0.15) is 81.7 Å². The van der Waals surface area contributed by atoms with Gasteiger partial charge in [0.05, 0.1) is 46.9 Å². The fraction of sp³-hybridized carbons (Fsp3) is 0.455. The molecule has 4 atom stereocenters. The zero-order valence-corrected chi connectivity index (χ0v) is 35.7. The highest BCUT2D eigenvalue weighted by atomic mass is 35.5. The lowest BCUT2D eigenvalue weighted by Crippen LogP contribution is -2.54. The van der Waals surface area contributed by atoms with E-state index < -0.39 is 29.8 Å². The summed E-state index contributed by atoms with van der Waals surface area (Å²) in [6.45, 7) is 12.1. The van der Waals surface area contributed by atoms with Crippen molar-refractivity contribution in [2.75, 3.05) is 43.5 Å². The summed E-state index contributed by atoms with van der Waals surface area (Å²) in [4.78, 5) is 69.7. The van der Waals surface area contributed by atoms with Crippen molar-refractivity contribution in [3.8, 4) is 22.4 Å². The molecule has 61 heavy (non-hydrogen) atoms. The van der Waals surface area contributed by atoms with E-state index in [1.807, 2.05) is 25.7 Å². The van der Waals surface area contributed by atoms with Gasteiger partial charge in [0.1, 0.15) is 17.7 Å². The second kappa shape index (κ2) is 17.0. The van der Waals surface area contributed by atoms with Crippen molar-refractivity contribution in [3.63, 3.8) is 0 Å². The number of alkyl carbamates (subject to hydrolysis) is 1. The number of nitrogens with zero attached hydrogens (tertiary/aromatic N) is 5. The van der Waals surface area contributed by atoms with Gasteiger partial charge in [0, 0.05) is 44.3 Å². The van der Waals surface area contributed by atoms with Crippen molar-refractivity contribution in [3.05, 3.63) is 82.9 Å². The minimum Gasteiger partial charge on any atom is -0.453 e. The van der Waals surface area contributed by atoms with E-state index in [1.54, 1.807) is 47.5 Å². The summed E-state index contributed by atoms with van der Waals surface area (Å²) in [5.74, 6) is 0.317. The Kier molecular flexibility index (Phi) is 12.1. The Hall–Kier alpha value is -5.64. The number of methoxy groups -OCH3 is 1. The number of nitrogens with one attached hydrogen (secondary N) is 3. The number of amides is 4. The molecular weight excluding hydrogens is 813 g/mol. The van der Waals surface area contributed by atoms with Crippen LogP contribution in [0.3, 0.4) is 0 Å². The first kappa shape index (κ1) is 43.4. The number of rotatable bonds is 10. The maximum atomic E-state index is 14.6. The molecule has 1 aliphatic carbocycles. The molecule has 0 spiro atoms. The molecule has 4 heterocycles. The molecule has 4 aromatic rings. The Labute approximate surface area is 357 Å². The number of ether oxygens (including phenoxy) is 1. The predicted octanol–water partition coefficient (Wildman–Crippen LogP) is 8.19. The van der Waals surface area contributed by atoms with Gasteiger partial charge in [-0.2, -0.15) is 13.2 Å². The molecule has 7 rings (SSSR count). The van der Waals surface area contributed by atoms with Gasteiger partial charge in [-0.25, -0.2) is 14.8 Å². The third kappa shape index (κ3) is 9.19. The van der Waals surface area contributed by atoms with Crippen LogP contribution in [0.5, 0.6) is 0 Å². The highest BCUT2D eigenvalue weighted by Gasteiger charge is 2.52. The smallest absolute Gasteiger partial charge is 0.417 e. The highest BCUT2D eigenvalue weighted by Crippen LogP contribution is 2.52. The number of hydrogen-bond donors (Lipinski definition) is 3. The number of hydrogen-bond acceptors (Lipinski definition) is 8. The molecule has 4 amide bonds. The number of pyridine rings is 1. The van der Waals surface area contributed by atoms with Gasteiger partial charge < -0.3 is 35.1 Å².